The molecule has 0 atom stereocenters. The van der Waals surface area contributed by atoms with Crippen LogP contribution in [0.25, 0.3) is 22.0 Å². The molecule has 2 fully saturated rings. The fraction of sp³-hybridized carbons (Fsp3) is 0.500. The minimum absolute atomic E-state index is 0.211. The highest BCUT2D eigenvalue weighted by molar-refractivity contribution is 7.89. The Hall–Kier alpha value is -2.24. The summed E-state index contributed by atoms with van der Waals surface area (Å²) in [5.41, 5.74) is 10.1. The number of thiophene rings is 1. The van der Waals surface area contributed by atoms with E-state index in [1.807, 2.05) is 23.7 Å². The number of piperazine rings is 1. The molecule has 1 aromatic carbocycles. The molecule has 0 bridgehead atoms. The highest BCUT2D eigenvalue weighted by Crippen LogP contribution is 2.37. The molecule has 1 amide bonds. The number of piperidine rings is 1. The average Bonchev–Trinajstić information content (AvgIpc) is 3.55. The predicted molar refractivity (Wildman–Crippen MR) is 146 cm³/mol. The predicted octanol–water partition coefficient (Wildman–Crippen LogP) is 3.14. The van der Waals surface area contributed by atoms with E-state index >= 15 is 0 Å². The van der Waals surface area contributed by atoms with Crippen LogP contribution >= 0.6 is 11.3 Å². The quantitative estimate of drug-likeness (QED) is 0.467. The minimum Gasteiger partial charge on any atom is -0.366 e. The molecule has 4 heterocycles. The number of rotatable bonds is 8. The summed E-state index contributed by atoms with van der Waals surface area (Å²) < 4.78 is 27.7. The van der Waals surface area contributed by atoms with Crippen LogP contribution in [0.1, 0.15) is 41.1 Å². The number of nitrogens with zero attached hydrogens (tertiary/aromatic N) is 3. The summed E-state index contributed by atoms with van der Waals surface area (Å²) in [6, 6.07) is 6.01. The molecule has 3 N–H and O–H groups in total. The van der Waals surface area contributed by atoms with E-state index in [1.54, 1.807) is 15.6 Å². The molecule has 0 aliphatic carbocycles. The number of H-pyrrole nitrogens is 1. The number of nitrogens with one attached hydrogen (secondary N) is 1. The van der Waals surface area contributed by atoms with Gasteiger partial charge in [0.25, 0.3) is 5.91 Å². The topological polar surface area (TPSA) is 103 Å². The lowest BCUT2D eigenvalue weighted by Gasteiger charge is -2.33. The Morgan fingerprint density at radius 3 is 2.53 bits per heavy atom. The van der Waals surface area contributed by atoms with Crippen LogP contribution in [-0.2, 0) is 10.0 Å². The van der Waals surface area contributed by atoms with Gasteiger partial charge in [-0.25, -0.2) is 12.7 Å². The molecule has 5 rings (SSSR count). The molecule has 0 unspecified atom stereocenters. The van der Waals surface area contributed by atoms with E-state index in [-0.39, 0.29) is 11.7 Å². The molecule has 2 aliphatic heterocycles. The van der Waals surface area contributed by atoms with Crippen molar-refractivity contribution in [3.63, 3.8) is 0 Å². The van der Waals surface area contributed by atoms with Crippen molar-refractivity contribution in [1.29, 1.82) is 0 Å². The van der Waals surface area contributed by atoms with E-state index < -0.39 is 15.9 Å². The summed E-state index contributed by atoms with van der Waals surface area (Å²) in [5, 5.41) is 5.08. The molecule has 2 aliphatic rings. The van der Waals surface area contributed by atoms with Crippen molar-refractivity contribution in [2.24, 2.45) is 5.73 Å². The fourth-order valence-electron chi connectivity index (χ4n) is 5.50. The zero-order chi connectivity index (χ0) is 25.3. The highest BCUT2D eigenvalue weighted by atomic mass is 32.2. The number of amides is 1. The standard InChI is InChI=1S/C26H35N5O3S2/c1-29-9-11-30(12-10-29)6-2-14-36(33,34)31-7-3-19(4-8-31)24-17-28-25-22(24)15-21(16-23(25)26(27)32)20-5-13-35-18-20/h5,13,15-19,28H,2-4,6-12,14H2,1H3,(H2,27,32). The van der Waals surface area contributed by atoms with E-state index in [1.165, 1.54) is 0 Å². The second-order valence-electron chi connectivity index (χ2n) is 10.1. The molecular weight excluding hydrogens is 494 g/mol. The smallest absolute Gasteiger partial charge is 0.250 e. The number of hydrogen-bond acceptors (Lipinski definition) is 6. The van der Waals surface area contributed by atoms with Gasteiger partial charge in [0, 0.05) is 50.9 Å². The summed E-state index contributed by atoms with van der Waals surface area (Å²) in [6.07, 6.45) is 4.17. The Morgan fingerprint density at radius 2 is 1.86 bits per heavy atom. The molecule has 0 radical (unpaired) electrons. The van der Waals surface area contributed by atoms with Crippen molar-refractivity contribution < 1.29 is 13.2 Å². The van der Waals surface area contributed by atoms with Crippen LogP contribution in [0.3, 0.4) is 0 Å². The van der Waals surface area contributed by atoms with Crippen molar-refractivity contribution in [3.8, 4) is 11.1 Å². The van der Waals surface area contributed by atoms with Gasteiger partial charge in [0.05, 0.1) is 16.8 Å². The monoisotopic (exact) mass is 529 g/mol. The summed E-state index contributed by atoms with van der Waals surface area (Å²) in [7, 11) is -1.13. The molecule has 0 spiro atoms. The van der Waals surface area contributed by atoms with Crippen molar-refractivity contribution in [2.75, 3.05) is 58.6 Å². The third-order valence-corrected chi connectivity index (χ3v) is 10.3. The summed E-state index contributed by atoms with van der Waals surface area (Å²) >= 11 is 1.61. The molecule has 2 saturated heterocycles. The van der Waals surface area contributed by atoms with E-state index in [9.17, 15) is 13.2 Å². The minimum atomic E-state index is -3.26. The van der Waals surface area contributed by atoms with Gasteiger partial charge in [-0.1, -0.05) is 0 Å². The molecule has 194 valence electrons. The van der Waals surface area contributed by atoms with Crippen LogP contribution < -0.4 is 5.73 Å². The second-order valence-corrected chi connectivity index (χ2v) is 12.9. The van der Waals surface area contributed by atoms with Gasteiger partial charge in [-0.2, -0.15) is 11.3 Å². The number of nitrogens with two attached hydrogens (primary N) is 1. The number of carbonyl (C=O) groups is 1. The number of aromatic nitrogens is 1. The molecular formula is C26H35N5O3S2. The molecule has 3 aromatic rings. The van der Waals surface area contributed by atoms with Gasteiger partial charge in [-0.05, 0) is 84.4 Å². The van der Waals surface area contributed by atoms with Crippen LogP contribution in [0.15, 0.2) is 35.2 Å². The Kier molecular flexibility index (Phi) is 7.50. The van der Waals surface area contributed by atoms with Crippen LogP contribution in [0.4, 0.5) is 0 Å². The van der Waals surface area contributed by atoms with Gasteiger partial charge in [0.15, 0.2) is 0 Å². The number of carbonyl (C=O) groups excluding carboxylic acids is 1. The fourth-order valence-corrected chi connectivity index (χ4v) is 7.68. The lowest BCUT2D eigenvalue weighted by molar-refractivity contribution is 0.100. The van der Waals surface area contributed by atoms with E-state index in [4.69, 9.17) is 5.73 Å². The molecule has 2 aromatic heterocycles. The molecule has 36 heavy (non-hydrogen) atoms. The first kappa shape index (κ1) is 25.4. The normalized spacial score (nSPS) is 19.2. The van der Waals surface area contributed by atoms with Gasteiger partial charge in [-0.3, -0.25) is 4.79 Å². The van der Waals surface area contributed by atoms with E-state index in [0.29, 0.717) is 25.1 Å². The maximum atomic E-state index is 13.0. The number of sulfonamides is 1. The summed E-state index contributed by atoms with van der Waals surface area (Å²) in [6.45, 7) is 6.01. The SMILES string of the molecule is CN1CCN(CCCS(=O)(=O)N2CCC(c3c[nH]c4c(C(N)=O)cc(-c5ccsc5)cc34)CC2)CC1. The Labute approximate surface area is 217 Å². The third kappa shape index (κ3) is 5.38. The Balaban J connectivity index is 1.25. The van der Waals surface area contributed by atoms with Crippen molar-refractivity contribution in [1.82, 2.24) is 19.1 Å². The Morgan fingerprint density at radius 1 is 1.11 bits per heavy atom. The molecule has 0 saturated carbocycles. The number of primary amides is 1. The van der Waals surface area contributed by atoms with Gasteiger partial charge in [-0.15, -0.1) is 0 Å². The first-order valence-electron chi connectivity index (χ1n) is 12.7. The number of fused-ring (bicyclic) bond motifs is 1. The zero-order valence-electron chi connectivity index (χ0n) is 20.8. The van der Waals surface area contributed by atoms with Gasteiger partial charge < -0.3 is 20.5 Å². The second kappa shape index (κ2) is 10.6. The molecule has 10 heteroatoms. The van der Waals surface area contributed by atoms with Crippen molar-refractivity contribution in [2.45, 2.75) is 25.2 Å². The van der Waals surface area contributed by atoms with Gasteiger partial charge in [0.2, 0.25) is 10.0 Å². The largest absolute Gasteiger partial charge is 0.366 e. The number of hydrogen-bond donors (Lipinski definition) is 2. The zero-order valence-corrected chi connectivity index (χ0v) is 22.4. The van der Waals surface area contributed by atoms with Gasteiger partial charge in [0.1, 0.15) is 0 Å². The van der Waals surface area contributed by atoms with Crippen LogP contribution in [0, 0.1) is 0 Å². The number of aromatic amines is 1. The average molecular weight is 530 g/mol. The first-order valence-corrected chi connectivity index (χ1v) is 15.2. The summed E-state index contributed by atoms with van der Waals surface area (Å²) in [5.74, 6) is -0.0137. The van der Waals surface area contributed by atoms with Crippen molar-refractivity contribution >= 4 is 38.2 Å². The first-order chi connectivity index (χ1) is 17.3. The Bertz CT molecular complexity index is 1300. The number of likely N-dealkylation sites (N-methyl/N-ethyl adjacent to an activating group) is 1. The molecule has 8 nitrogen and oxygen atoms in total. The van der Waals surface area contributed by atoms with E-state index in [2.05, 4.69) is 33.3 Å². The van der Waals surface area contributed by atoms with Crippen molar-refractivity contribution in [3.05, 3.63) is 46.3 Å². The lowest BCUT2D eigenvalue weighted by Crippen LogP contribution is -2.45. The highest BCUT2D eigenvalue weighted by Gasteiger charge is 2.30. The van der Waals surface area contributed by atoms with Crippen LogP contribution in [0.5, 0.6) is 0 Å². The van der Waals surface area contributed by atoms with Gasteiger partial charge >= 0.3 is 0 Å². The lowest BCUT2D eigenvalue weighted by atomic mass is 9.88. The van der Waals surface area contributed by atoms with E-state index in [0.717, 1.165) is 73.2 Å². The summed E-state index contributed by atoms with van der Waals surface area (Å²) in [4.78, 5) is 20.1. The maximum absolute atomic E-state index is 13.0. The van der Waals surface area contributed by atoms with Crippen LogP contribution in [-0.4, -0.2) is 92.0 Å². The van der Waals surface area contributed by atoms with Crippen LogP contribution in [0.2, 0.25) is 0 Å². The maximum Gasteiger partial charge on any atom is 0.250 e. The third-order valence-electron chi connectivity index (χ3n) is 7.70. The number of benzene rings is 1.